The number of hydrogen-bond acceptors (Lipinski definition) is 12. The summed E-state index contributed by atoms with van der Waals surface area (Å²) in [5.41, 5.74) is 8.56. The van der Waals surface area contributed by atoms with Gasteiger partial charge in [0.2, 0.25) is 0 Å². The van der Waals surface area contributed by atoms with Crippen LogP contribution in [0.1, 0.15) is 5.56 Å². The lowest BCUT2D eigenvalue weighted by Gasteiger charge is -2.12. The average Bonchev–Trinajstić information content (AvgIpc) is 3.00. The molecule has 0 amide bonds. The zero-order valence-corrected chi connectivity index (χ0v) is 23.6. The number of fused-ring (bicyclic) bond motifs is 1. The van der Waals surface area contributed by atoms with Gasteiger partial charge in [0.05, 0.1) is 38.7 Å². The number of phenolic OH excluding ortho intramolecular Hbond substituents is 1. The molecule has 5 aromatic carbocycles. The van der Waals surface area contributed by atoms with Crippen LogP contribution in [0.4, 0.5) is 45.5 Å². The van der Waals surface area contributed by atoms with Crippen molar-refractivity contribution in [3.8, 4) is 5.75 Å². The summed E-state index contributed by atoms with van der Waals surface area (Å²) in [5.74, 6) is -0.531. The van der Waals surface area contributed by atoms with Crippen molar-refractivity contribution in [2.75, 3.05) is 5.73 Å². The molecule has 0 spiro atoms. The molecule has 0 unspecified atom stereocenters. The third-order valence-electron chi connectivity index (χ3n) is 6.33. The van der Waals surface area contributed by atoms with Crippen LogP contribution in [0.3, 0.4) is 0 Å². The third kappa shape index (κ3) is 6.43. The maximum absolute atomic E-state index is 12.2. The minimum atomic E-state index is -4.80. The largest absolute Gasteiger partial charge is 0.505 e. The van der Waals surface area contributed by atoms with Crippen LogP contribution in [0.15, 0.2) is 127 Å². The number of phenols is 1. The number of nitro groups is 1. The molecule has 44 heavy (non-hydrogen) atoms. The van der Waals surface area contributed by atoms with Crippen molar-refractivity contribution >= 4 is 66.4 Å². The highest BCUT2D eigenvalue weighted by atomic mass is 32.2. The highest BCUT2D eigenvalue weighted by Gasteiger charge is 2.22. The lowest BCUT2D eigenvalue weighted by atomic mass is 10.1. The molecule has 0 heterocycles. The number of hydrogen-bond donors (Lipinski definition) is 3. The zero-order valence-electron chi connectivity index (χ0n) is 22.8. The van der Waals surface area contributed by atoms with Gasteiger partial charge in [0.15, 0.2) is 5.75 Å². The normalized spacial score (nSPS) is 12.1. The summed E-state index contributed by atoms with van der Waals surface area (Å²) < 4.78 is 34.3. The molecule has 0 saturated carbocycles. The number of aromatic hydroxyl groups is 1. The van der Waals surface area contributed by atoms with Crippen molar-refractivity contribution in [1.29, 1.82) is 0 Å². The van der Waals surface area contributed by atoms with Gasteiger partial charge in [-0.05, 0) is 67.1 Å². The zero-order chi connectivity index (χ0) is 31.4. The van der Waals surface area contributed by atoms with Crippen LogP contribution < -0.4 is 5.73 Å². The summed E-state index contributed by atoms with van der Waals surface area (Å²) in [6.45, 7) is 1.84. The van der Waals surface area contributed by atoms with E-state index in [4.69, 9.17) is 5.73 Å². The molecule has 0 aliphatic carbocycles. The van der Waals surface area contributed by atoms with E-state index in [1.54, 1.807) is 18.2 Å². The summed E-state index contributed by atoms with van der Waals surface area (Å²) in [5, 5.41) is 46.4. The van der Waals surface area contributed by atoms with Crippen LogP contribution in [0, 0.1) is 17.0 Å². The molecule has 220 valence electrons. The van der Waals surface area contributed by atoms with E-state index in [0.29, 0.717) is 17.1 Å². The molecule has 5 aromatic rings. The van der Waals surface area contributed by atoms with Crippen molar-refractivity contribution in [1.82, 2.24) is 0 Å². The van der Waals surface area contributed by atoms with Crippen molar-refractivity contribution in [3.05, 3.63) is 107 Å². The molecule has 4 N–H and O–H groups in total. The molecule has 0 radical (unpaired) electrons. The minimum Gasteiger partial charge on any atom is -0.505 e. The Hall–Kier alpha value is -5.93. The van der Waals surface area contributed by atoms with E-state index < -0.39 is 25.7 Å². The van der Waals surface area contributed by atoms with Gasteiger partial charge in [-0.15, -0.1) is 10.2 Å². The first-order valence-corrected chi connectivity index (χ1v) is 14.2. The van der Waals surface area contributed by atoms with Crippen molar-refractivity contribution in [2.24, 2.45) is 30.7 Å². The number of non-ortho nitro benzene ring substituents is 1. The Labute approximate surface area is 249 Å². The van der Waals surface area contributed by atoms with Crippen LogP contribution >= 0.6 is 0 Å². The Bertz CT molecular complexity index is 2100. The van der Waals surface area contributed by atoms with E-state index in [-0.39, 0.29) is 39.2 Å². The number of nitrogen functional groups attached to an aromatic ring is 1. The van der Waals surface area contributed by atoms with Crippen LogP contribution in [0.2, 0.25) is 0 Å². The van der Waals surface area contributed by atoms with Gasteiger partial charge < -0.3 is 10.8 Å². The maximum atomic E-state index is 12.2. The molecular weight excluding hydrogens is 588 g/mol. The number of azo groups is 3. The van der Waals surface area contributed by atoms with E-state index >= 15 is 0 Å². The number of rotatable bonds is 8. The Morgan fingerprint density at radius 2 is 1.30 bits per heavy atom. The fraction of sp³-hybridized carbons (Fsp3) is 0.0345. The van der Waals surface area contributed by atoms with Crippen molar-refractivity contribution in [2.45, 2.75) is 11.8 Å². The molecule has 0 aliphatic rings. The first kappa shape index (κ1) is 29.6. The Balaban J connectivity index is 1.50. The molecule has 0 aromatic heterocycles. The standard InChI is InChI=1S/C29H22N8O6S/c1-17-15-20(9-13-23(17)34-31-18-5-3-2-4-6-18)33-35-24-14-12-22-26(44(41,42)43)16-25(29(38)27(22)28(24)30)36-32-19-7-10-21(11-8-19)37(39)40/h2-16,38H,30H2,1H3,(H,41,42,43)/b34-31+,35-33+,36-32+. The molecule has 0 bridgehead atoms. The molecule has 15 heteroatoms. The highest BCUT2D eigenvalue weighted by molar-refractivity contribution is 7.86. The summed E-state index contributed by atoms with van der Waals surface area (Å²) in [6, 6.07) is 23.1. The number of nitrogens with zero attached hydrogens (tertiary/aromatic N) is 7. The lowest BCUT2D eigenvalue weighted by Crippen LogP contribution is -2.00. The van der Waals surface area contributed by atoms with Crippen LogP contribution in [0.25, 0.3) is 10.8 Å². The first-order chi connectivity index (χ1) is 21.0. The molecule has 0 fully saturated rings. The first-order valence-electron chi connectivity index (χ1n) is 12.7. The molecule has 0 saturated heterocycles. The number of nitrogens with two attached hydrogens (primary N) is 1. The lowest BCUT2D eigenvalue weighted by molar-refractivity contribution is -0.384. The second-order valence-electron chi connectivity index (χ2n) is 9.32. The third-order valence-corrected chi connectivity index (χ3v) is 7.22. The maximum Gasteiger partial charge on any atom is 0.295 e. The molecular formula is C29H22N8O6S. The van der Waals surface area contributed by atoms with E-state index in [0.717, 1.165) is 11.6 Å². The summed E-state index contributed by atoms with van der Waals surface area (Å²) in [6.07, 6.45) is 0. The van der Waals surface area contributed by atoms with E-state index in [1.165, 1.54) is 36.4 Å². The molecule has 0 atom stereocenters. The Morgan fingerprint density at radius 1 is 0.727 bits per heavy atom. The number of anilines is 1. The SMILES string of the molecule is Cc1cc(/N=N/c2ccc3c(S(=O)(=O)O)cc(/N=N/c4ccc([N+](=O)[O-])cc4)c(O)c3c2N)ccc1/N=N/c1ccccc1. The molecule has 0 aliphatic heterocycles. The average molecular weight is 611 g/mol. The van der Waals surface area contributed by atoms with Gasteiger partial charge in [0, 0.05) is 17.5 Å². The van der Waals surface area contributed by atoms with Gasteiger partial charge in [-0.25, -0.2) is 0 Å². The number of benzene rings is 5. The smallest absolute Gasteiger partial charge is 0.295 e. The van der Waals surface area contributed by atoms with Gasteiger partial charge in [-0.2, -0.15) is 28.9 Å². The van der Waals surface area contributed by atoms with Crippen LogP contribution in [0.5, 0.6) is 5.75 Å². The Morgan fingerprint density at radius 3 is 1.93 bits per heavy atom. The number of nitro benzene ring substituents is 1. The fourth-order valence-electron chi connectivity index (χ4n) is 4.13. The predicted molar refractivity (Wildman–Crippen MR) is 163 cm³/mol. The van der Waals surface area contributed by atoms with E-state index in [1.807, 2.05) is 37.3 Å². The van der Waals surface area contributed by atoms with E-state index in [2.05, 4.69) is 30.7 Å². The van der Waals surface area contributed by atoms with Crippen molar-refractivity contribution < 1.29 is 23.0 Å². The van der Waals surface area contributed by atoms with Gasteiger partial charge in [-0.1, -0.05) is 24.3 Å². The summed E-state index contributed by atoms with van der Waals surface area (Å²) in [4.78, 5) is 9.72. The van der Waals surface area contributed by atoms with Gasteiger partial charge in [-0.3, -0.25) is 14.7 Å². The monoisotopic (exact) mass is 610 g/mol. The van der Waals surface area contributed by atoms with Gasteiger partial charge >= 0.3 is 0 Å². The van der Waals surface area contributed by atoms with Gasteiger partial charge in [0.25, 0.3) is 15.8 Å². The minimum absolute atomic E-state index is 0.0836. The summed E-state index contributed by atoms with van der Waals surface area (Å²) in [7, 11) is -4.80. The Kier molecular flexibility index (Phi) is 8.15. The fourth-order valence-corrected chi connectivity index (χ4v) is 4.84. The van der Waals surface area contributed by atoms with Crippen LogP contribution in [-0.4, -0.2) is 23.0 Å². The second-order valence-corrected chi connectivity index (χ2v) is 10.7. The number of aryl methyl sites for hydroxylation is 1. The molecule has 14 nitrogen and oxygen atoms in total. The van der Waals surface area contributed by atoms with Gasteiger partial charge in [0.1, 0.15) is 16.3 Å². The second kappa shape index (κ2) is 12.1. The quantitative estimate of drug-likeness (QED) is 0.0508. The predicted octanol–water partition coefficient (Wildman–Crippen LogP) is 8.84. The topological polar surface area (TPSA) is 218 Å². The highest BCUT2D eigenvalue weighted by Crippen LogP contribution is 2.45. The van der Waals surface area contributed by atoms with Crippen molar-refractivity contribution in [3.63, 3.8) is 0 Å². The van der Waals surface area contributed by atoms with Crippen LogP contribution in [-0.2, 0) is 10.1 Å². The van der Waals surface area contributed by atoms with E-state index in [9.17, 15) is 28.2 Å². The molecule has 5 rings (SSSR count). The summed E-state index contributed by atoms with van der Waals surface area (Å²) >= 11 is 0.